The van der Waals surface area contributed by atoms with Crippen molar-refractivity contribution >= 4 is 11.6 Å². The average molecular weight is 252 g/mol. The van der Waals surface area contributed by atoms with E-state index in [-0.39, 0.29) is 0 Å². The van der Waals surface area contributed by atoms with Crippen LogP contribution in [0.2, 0.25) is 5.02 Å². The van der Waals surface area contributed by atoms with Gasteiger partial charge in [-0.1, -0.05) is 37.6 Å². The number of nitrogens with one attached hydrogen (secondary N) is 1. The first-order valence-corrected chi connectivity index (χ1v) is 6.97. The molecule has 0 amide bonds. The maximum atomic E-state index is 5.95. The lowest BCUT2D eigenvalue weighted by atomic mass is 9.98. The Morgan fingerprint density at radius 2 is 1.71 bits per heavy atom. The molecular weight excluding hydrogens is 230 g/mol. The van der Waals surface area contributed by atoms with Crippen molar-refractivity contribution in [3.63, 3.8) is 0 Å². The number of hydrogen-bond donors (Lipinski definition) is 1. The van der Waals surface area contributed by atoms with Crippen LogP contribution >= 0.6 is 11.6 Å². The third kappa shape index (κ3) is 3.46. The quantitative estimate of drug-likeness (QED) is 0.817. The van der Waals surface area contributed by atoms with E-state index in [1.807, 2.05) is 12.1 Å². The van der Waals surface area contributed by atoms with Crippen LogP contribution in [-0.4, -0.2) is 6.04 Å². The van der Waals surface area contributed by atoms with Gasteiger partial charge >= 0.3 is 0 Å². The zero-order valence-electron chi connectivity index (χ0n) is 10.9. The predicted octanol–water partition coefficient (Wildman–Crippen LogP) is 4.43. The van der Waals surface area contributed by atoms with Crippen LogP contribution in [0, 0.1) is 11.8 Å². The average Bonchev–Trinajstić information content (AvgIpc) is 3.10. The Morgan fingerprint density at radius 1 is 1.12 bits per heavy atom. The van der Waals surface area contributed by atoms with Crippen molar-refractivity contribution in [3.8, 4) is 0 Å². The molecule has 1 aromatic carbocycles. The van der Waals surface area contributed by atoms with Crippen LogP contribution in [0.15, 0.2) is 24.3 Å². The van der Waals surface area contributed by atoms with Gasteiger partial charge in [0.15, 0.2) is 0 Å². The molecule has 2 heteroatoms. The van der Waals surface area contributed by atoms with Crippen LogP contribution in [0.1, 0.15) is 45.2 Å². The largest absolute Gasteiger partial charge is 0.307 e. The van der Waals surface area contributed by atoms with Crippen LogP contribution in [-0.2, 0) is 0 Å². The van der Waals surface area contributed by atoms with E-state index in [1.165, 1.54) is 18.4 Å². The molecule has 0 aliphatic heterocycles. The monoisotopic (exact) mass is 251 g/mol. The van der Waals surface area contributed by atoms with Crippen molar-refractivity contribution in [3.05, 3.63) is 34.9 Å². The van der Waals surface area contributed by atoms with E-state index in [0.717, 1.165) is 10.9 Å². The van der Waals surface area contributed by atoms with E-state index >= 15 is 0 Å². The Balaban J connectivity index is 2.09. The van der Waals surface area contributed by atoms with Crippen LogP contribution in [0.3, 0.4) is 0 Å². The van der Waals surface area contributed by atoms with E-state index in [9.17, 15) is 0 Å². The van der Waals surface area contributed by atoms with Gasteiger partial charge in [-0.3, -0.25) is 0 Å². The fraction of sp³-hybridized carbons (Fsp3) is 0.600. The smallest absolute Gasteiger partial charge is 0.0406 e. The van der Waals surface area contributed by atoms with Gasteiger partial charge in [-0.05, 0) is 49.3 Å². The van der Waals surface area contributed by atoms with Gasteiger partial charge in [0.05, 0.1) is 0 Å². The van der Waals surface area contributed by atoms with Crippen molar-refractivity contribution < 1.29 is 0 Å². The number of halogens is 1. The molecule has 0 heterocycles. The summed E-state index contributed by atoms with van der Waals surface area (Å²) in [7, 11) is 0. The molecule has 1 aliphatic carbocycles. The van der Waals surface area contributed by atoms with Crippen LogP contribution in [0.25, 0.3) is 0 Å². The van der Waals surface area contributed by atoms with Crippen molar-refractivity contribution in [2.24, 2.45) is 11.8 Å². The highest BCUT2D eigenvalue weighted by Crippen LogP contribution is 2.41. The van der Waals surface area contributed by atoms with Gasteiger partial charge in [-0.25, -0.2) is 0 Å². The third-order valence-corrected chi connectivity index (χ3v) is 4.02. The highest BCUT2D eigenvalue weighted by Gasteiger charge is 2.33. The first-order chi connectivity index (χ1) is 8.08. The summed E-state index contributed by atoms with van der Waals surface area (Å²) in [6.07, 6.45) is 2.70. The molecule has 2 rings (SSSR count). The minimum absolute atomic E-state index is 0.504. The molecule has 1 saturated carbocycles. The van der Waals surface area contributed by atoms with Crippen molar-refractivity contribution in [2.75, 3.05) is 0 Å². The van der Waals surface area contributed by atoms with Crippen molar-refractivity contribution in [2.45, 2.75) is 45.7 Å². The van der Waals surface area contributed by atoms with E-state index < -0.39 is 0 Å². The van der Waals surface area contributed by atoms with Gasteiger partial charge in [0.1, 0.15) is 0 Å². The van der Waals surface area contributed by atoms with Gasteiger partial charge < -0.3 is 5.32 Å². The van der Waals surface area contributed by atoms with Gasteiger partial charge in [0, 0.05) is 17.1 Å². The lowest BCUT2D eigenvalue weighted by molar-refractivity contribution is 0.354. The lowest BCUT2D eigenvalue weighted by Gasteiger charge is -2.26. The molecule has 2 unspecified atom stereocenters. The highest BCUT2D eigenvalue weighted by molar-refractivity contribution is 6.30. The minimum Gasteiger partial charge on any atom is -0.307 e. The Hall–Kier alpha value is -0.530. The molecule has 2 atom stereocenters. The Bertz CT molecular complexity index is 354. The molecular formula is C15H22ClN. The highest BCUT2D eigenvalue weighted by atomic mass is 35.5. The molecule has 1 aromatic rings. The first kappa shape index (κ1) is 12.9. The molecule has 94 valence electrons. The zero-order valence-corrected chi connectivity index (χ0v) is 11.7. The normalized spacial score (nSPS) is 19.4. The predicted molar refractivity (Wildman–Crippen MR) is 74.4 cm³/mol. The Morgan fingerprint density at radius 3 is 2.18 bits per heavy atom. The summed E-state index contributed by atoms with van der Waals surface area (Å²) in [5, 5.41) is 4.59. The maximum Gasteiger partial charge on any atom is 0.0406 e. The van der Waals surface area contributed by atoms with Crippen molar-refractivity contribution in [1.82, 2.24) is 5.32 Å². The van der Waals surface area contributed by atoms with Gasteiger partial charge in [0.2, 0.25) is 0 Å². The van der Waals surface area contributed by atoms with E-state index in [1.54, 1.807) is 0 Å². The van der Waals surface area contributed by atoms with E-state index in [4.69, 9.17) is 11.6 Å². The maximum absolute atomic E-state index is 5.95. The molecule has 1 nitrogen and oxygen atoms in total. The fourth-order valence-corrected chi connectivity index (χ4v) is 2.21. The lowest BCUT2D eigenvalue weighted by Crippen LogP contribution is -2.35. The molecule has 1 N–H and O–H groups in total. The number of hydrogen-bond acceptors (Lipinski definition) is 1. The summed E-state index contributed by atoms with van der Waals surface area (Å²) in [6, 6.07) is 9.36. The number of rotatable bonds is 5. The molecule has 0 radical (unpaired) electrons. The topological polar surface area (TPSA) is 12.0 Å². The molecule has 0 bridgehead atoms. The molecule has 17 heavy (non-hydrogen) atoms. The zero-order chi connectivity index (χ0) is 12.4. The van der Waals surface area contributed by atoms with Gasteiger partial charge in [-0.2, -0.15) is 0 Å². The summed E-state index contributed by atoms with van der Waals surface area (Å²) in [6.45, 7) is 6.81. The van der Waals surface area contributed by atoms with E-state index in [2.05, 4.69) is 38.2 Å². The molecule has 0 spiro atoms. The second-order valence-electron chi connectivity index (χ2n) is 5.57. The Labute approximate surface area is 110 Å². The summed E-state index contributed by atoms with van der Waals surface area (Å²) >= 11 is 5.95. The van der Waals surface area contributed by atoms with E-state index in [0.29, 0.717) is 18.0 Å². The molecule has 1 fully saturated rings. The van der Waals surface area contributed by atoms with Crippen LogP contribution in [0.5, 0.6) is 0 Å². The first-order valence-electron chi connectivity index (χ1n) is 6.59. The standard InChI is InChI=1S/C15H22ClN/c1-10(2)11(3)17-15(12-4-5-12)13-6-8-14(16)9-7-13/h6-12,15,17H,4-5H2,1-3H3. The minimum atomic E-state index is 0.504. The summed E-state index contributed by atoms with van der Waals surface area (Å²) in [5.74, 6) is 1.49. The summed E-state index contributed by atoms with van der Waals surface area (Å²) < 4.78 is 0. The van der Waals surface area contributed by atoms with Gasteiger partial charge in [-0.15, -0.1) is 0 Å². The van der Waals surface area contributed by atoms with Crippen LogP contribution < -0.4 is 5.32 Å². The summed E-state index contributed by atoms with van der Waals surface area (Å²) in [4.78, 5) is 0. The fourth-order valence-electron chi connectivity index (χ4n) is 2.08. The summed E-state index contributed by atoms with van der Waals surface area (Å²) in [5.41, 5.74) is 1.38. The number of benzene rings is 1. The molecule has 0 aromatic heterocycles. The molecule has 0 saturated heterocycles. The van der Waals surface area contributed by atoms with Gasteiger partial charge in [0.25, 0.3) is 0 Å². The Kier molecular flexibility index (Phi) is 4.11. The van der Waals surface area contributed by atoms with Crippen molar-refractivity contribution in [1.29, 1.82) is 0 Å². The second-order valence-corrected chi connectivity index (χ2v) is 6.00. The third-order valence-electron chi connectivity index (χ3n) is 3.76. The second kappa shape index (κ2) is 5.41. The molecule has 1 aliphatic rings. The van der Waals surface area contributed by atoms with Crippen LogP contribution in [0.4, 0.5) is 0 Å². The SMILES string of the molecule is CC(C)C(C)NC(c1ccc(Cl)cc1)C1CC1.